The molecule has 0 spiro atoms. The summed E-state index contributed by atoms with van der Waals surface area (Å²) in [7, 11) is 0. The molecule has 0 saturated heterocycles. The Kier molecular flexibility index (Phi) is 7.66. The van der Waals surface area contributed by atoms with Crippen molar-refractivity contribution in [2.75, 3.05) is 0 Å². The molecule has 0 aromatic heterocycles. The smallest absolute Gasteiger partial charge is 0.177 e. The highest BCUT2D eigenvalue weighted by molar-refractivity contribution is 5.99. The second kappa shape index (κ2) is 8.25. The molecule has 1 nitrogen and oxygen atoms in total. The first kappa shape index (κ1) is 11.2. The number of carbonyl (C=O) groups is 1. The van der Waals surface area contributed by atoms with Crippen molar-refractivity contribution in [1.82, 2.24) is 0 Å². The minimum absolute atomic E-state index is 0.108. The Bertz CT molecular complexity index is 148. The molecule has 0 aliphatic rings. The molecule has 0 aromatic rings. The van der Waals surface area contributed by atoms with E-state index in [9.17, 15) is 4.79 Å². The lowest BCUT2D eigenvalue weighted by atomic mass is 10.2. The van der Waals surface area contributed by atoms with Gasteiger partial charge >= 0.3 is 0 Å². The molecule has 0 unspecified atom stereocenters. The summed E-state index contributed by atoms with van der Waals surface area (Å²) in [5, 5.41) is 0. The summed E-state index contributed by atoms with van der Waals surface area (Å²) < 4.78 is 0. The third kappa shape index (κ3) is 7.26. The van der Waals surface area contributed by atoms with Crippen LogP contribution in [0.2, 0.25) is 0 Å². The Balaban J connectivity index is 3.58. The van der Waals surface area contributed by atoms with Crippen LogP contribution in [-0.4, -0.2) is 5.78 Å². The lowest BCUT2D eigenvalue weighted by Gasteiger charge is -1.85. The molecule has 12 heavy (non-hydrogen) atoms. The lowest BCUT2D eigenvalue weighted by molar-refractivity contribution is -0.110. The zero-order chi connectivity index (χ0) is 9.23. The molecule has 0 aliphatic carbocycles. The number of hydrogen-bond donors (Lipinski definition) is 0. The number of rotatable bonds is 6. The summed E-state index contributed by atoms with van der Waals surface area (Å²) in [5.74, 6) is 0.108. The largest absolute Gasteiger partial charge is 0.290 e. The monoisotopic (exact) mass is 166 g/mol. The molecule has 0 saturated carbocycles. The van der Waals surface area contributed by atoms with E-state index in [0.717, 1.165) is 25.7 Å². The van der Waals surface area contributed by atoms with Crippen molar-refractivity contribution in [3.63, 3.8) is 0 Å². The van der Waals surface area contributed by atoms with E-state index in [1.54, 1.807) is 12.2 Å². The molecule has 0 aliphatic heterocycles. The maximum atomic E-state index is 11.0. The molecule has 0 fully saturated rings. The molecule has 0 rings (SSSR count). The Labute approximate surface area is 75.2 Å². The molecule has 0 bridgehead atoms. The molecule has 0 radical (unpaired) electrons. The zero-order valence-corrected chi connectivity index (χ0v) is 8.05. The van der Waals surface area contributed by atoms with E-state index in [4.69, 9.17) is 0 Å². The van der Waals surface area contributed by atoms with E-state index in [-0.39, 0.29) is 5.78 Å². The molecule has 0 atom stereocenters. The van der Waals surface area contributed by atoms with Gasteiger partial charge in [-0.2, -0.15) is 0 Å². The number of ketones is 1. The third-order valence-corrected chi connectivity index (χ3v) is 1.47. The molecule has 68 valence electrons. The fourth-order valence-corrected chi connectivity index (χ4v) is 0.788. The second-order valence-electron chi connectivity index (χ2n) is 2.78. The van der Waals surface area contributed by atoms with Gasteiger partial charge in [-0.15, -0.1) is 0 Å². The lowest BCUT2D eigenvalue weighted by Crippen LogP contribution is -1.84. The van der Waals surface area contributed by atoms with Gasteiger partial charge < -0.3 is 0 Å². The Morgan fingerprint density at radius 3 is 1.75 bits per heavy atom. The van der Waals surface area contributed by atoms with Crippen molar-refractivity contribution in [3.8, 4) is 0 Å². The van der Waals surface area contributed by atoms with Crippen LogP contribution in [-0.2, 0) is 4.79 Å². The summed E-state index contributed by atoms with van der Waals surface area (Å²) in [6.07, 6.45) is 11.3. The normalized spacial score (nSPS) is 11.5. The molecule has 1 heteroatoms. The van der Waals surface area contributed by atoms with Gasteiger partial charge in [0.15, 0.2) is 5.78 Å². The van der Waals surface area contributed by atoms with Gasteiger partial charge in [0, 0.05) is 0 Å². The van der Waals surface area contributed by atoms with Crippen LogP contribution >= 0.6 is 0 Å². The predicted molar refractivity (Wildman–Crippen MR) is 53.1 cm³/mol. The molecule has 0 N–H and O–H groups in total. The van der Waals surface area contributed by atoms with E-state index in [2.05, 4.69) is 13.8 Å². The Hall–Kier alpha value is -0.850. The predicted octanol–water partition coefficient (Wildman–Crippen LogP) is 3.27. The van der Waals surface area contributed by atoms with E-state index in [0.29, 0.717) is 0 Å². The maximum absolute atomic E-state index is 11.0. The minimum atomic E-state index is 0.108. The minimum Gasteiger partial charge on any atom is -0.290 e. The quantitative estimate of drug-likeness (QED) is 0.553. The van der Waals surface area contributed by atoms with Crippen molar-refractivity contribution < 1.29 is 4.79 Å². The van der Waals surface area contributed by atoms with E-state index < -0.39 is 0 Å². The Morgan fingerprint density at radius 2 is 1.42 bits per heavy atom. The number of hydrogen-bond acceptors (Lipinski definition) is 1. The van der Waals surface area contributed by atoms with Crippen molar-refractivity contribution in [2.45, 2.75) is 39.5 Å². The van der Waals surface area contributed by atoms with Gasteiger partial charge in [-0.25, -0.2) is 0 Å². The van der Waals surface area contributed by atoms with Crippen LogP contribution in [0.4, 0.5) is 0 Å². The summed E-state index contributed by atoms with van der Waals surface area (Å²) >= 11 is 0. The van der Waals surface area contributed by atoms with Gasteiger partial charge in [-0.1, -0.05) is 38.8 Å². The van der Waals surface area contributed by atoms with Gasteiger partial charge in [0.2, 0.25) is 0 Å². The first-order chi connectivity index (χ1) is 5.81. The van der Waals surface area contributed by atoms with E-state index in [1.807, 2.05) is 12.2 Å². The molecule has 0 aromatic carbocycles. The van der Waals surface area contributed by atoms with Crippen LogP contribution in [0, 0.1) is 0 Å². The first-order valence-corrected chi connectivity index (χ1v) is 4.68. The number of allylic oxidation sites excluding steroid dienone is 4. The van der Waals surface area contributed by atoms with Gasteiger partial charge in [-0.3, -0.25) is 4.79 Å². The van der Waals surface area contributed by atoms with E-state index in [1.165, 1.54) is 0 Å². The van der Waals surface area contributed by atoms with Crippen molar-refractivity contribution in [1.29, 1.82) is 0 Å². The van der Waals surface area contributed by atoms with Gasteiger partial charge in [-0.05, 0) is 25.0 Å². The Morgan fingerprint density at radius 1 is 1.00 bits per heavy atom. The second-order valence-corrected chi connectivity index (χ2v) is 2.78. The van der Waals surface area contributed by atoms with Crippen LogP contribution in [0.5, 0.6) is 0 Å². The van der Waals surface area contributed by atoms with E-state index >= 15 is 0 Å². The maximum Gasteiger partial charge on any atom is 0.177 e. The summed E-state index contributed by atoms with van der Waals surface area (Å²) in [4.78, 5) is 11.0. The van der Waals surface area contributed by atoms with Crippen molar-refractivity contribution in [2.24, 2.45) is 0 Å². The molecular weight excluding hydrogens is 148 g/mol. The molecular formula is C11H18O. The van der Waals surface area contributed by atoms with Gasteiger partial charge in [0.1, 0.15) is 0 Å². The molecule has 0 amide bonds. The van der Waals surface area contributed by atoms with Crippen LogP contribution in [0.1, 0.15) is 39.5 Å². The standard InChI is InChI=1S/C11H18O/c1-3-5-7-9-11(12)10-8-6-4-2/h7-10H,3-6H2,1-2H3. The number of carbonyl (C=O) groups excluding carboxylic acids is 1. The molecule has 0 heterocycles. The van der Waals surface area contributed by atoms with Crippen molar-refractivity contribution >= 4 is 5.78 Å². The fourth-order valence-electron chi connectivity index (χ4n) is 0.788. The topological polar surface area (TPSA) is 17.1 Å². The van der Waals surface area contributed by atoms with Gasteiger partial charge in [0.05, 0.1) is 0 Å². The summed E-state index contributed by atoms with van der Waals surface area (Å²) in [6.45, 7) is 4.20. The van der Waals surface area contributed by atoms with Crippen LogP contribution in [0.25, 0.3) is 0 Å². The van der Waals surface area contributed by atoms with Crippen molar-refractivity contribution in [3.05, 3.63) is 24.3 Å². The van der Waals surface area contributed by atoms with Crippen LogP contribution in [0.15, 0.2) is 24.3 Å². The van der Waals surface area contributed by atoms with Crippen LogP contribution in [0.3, 0.4) is 0 Å². The SMILES string of the molecule is CCCC=CC(=O)C=CCCC. The van der Waals surface area contributed by atoms with Gasteiger partial charge in [0.25, 0.3) is 0 Å². The number of unbranched alkanes of at least 4 members (excludes halogenated alkanes) is 2. The summed E-state index contributed by atoms with van der Waals surface area (Å²) in [6, 6.07) is 0. The average molecular weight is 166 g/mol. The first-order valence-electron chi connectivity index (χ1n) is 4.68. The third-order valence-electron chi connectivity index (χ3n) is 1.47. The highest BCUT2D eigenvalue weighted by atomic mass is 16.1. The fraction of sp³-hybridized carbons (Fsp3) is 0.545. The summed E-state index contributed by atoms with van der Waals surface area (Å²) in [5.41, 5.74) is 0. The highest BCUT2D eigenvalue weighted by Crippen LogP contribution is 1.92. The average Bonchev–Trinajstić information content (AvgIpc) is 2.06. The highest BCUT2D eigenvalue weighted by Gasteiger charge is 1.85. The zero-order valence-electron chi connectivity index (χ0n) is 8.05. The van der Waals surface area contributed by atoms with Crippen LogP contribution < -0.4 is 0 Å².